The molecule has 0 unspecified atom stereocenters. The van der Waals surface area contributed by atoms with Crippen molar-refractivity contribution in [3.63, 3.8) is 0 Å². The molecule has 25 heavy (non-hydrogen) atoms. The molecule has 128 valence electrons. The predicted octanol–water partition coefficient (Wildman–Crippen LogP) is 3.15. The van der Waals surface area contributed by atoms with E-state index >= 15 is 0 Å². The monoisotopic (exact) mass is 355 g/mol. The lowest BCUT2D eigenvalue weighted by Crippen LogP contribution is -2.30. The summed E-state index contributed by atoms with van der Waals surface area (Å²) in [5.41, 5.74) is 5.32. The number of rotatable bonds is 4. The Morgan fingerprint density at radius 1 is 1.20 bits per heavy atom. The molecule has 0 aliphatic carbocycles. The first-order chi connectivity index (χ1) is 12.0. The lowest BCUT2D eigenvalue weighted by molar-refractivity contribution is -0.126. The van der Waals surface area contributed by atoms with E-state index in [-0.39, 0.29) is 18.2 Å². The molecule has 2 aromatic rings. The Bertz CT molecular complexity index is 800. The number of anilines is 1. The molecule has 1 aliphatic heterocycles. The van der Waals surface area contributed by atoms with Crippen LogP contribution in [0.1, 0.15) is 17.5 Å². The van der Waals surface area contributed by atoms with E-state index in [0.717, 1.165) is 16.8 Å². The smallest absolute Gasteiger partial charge is 0.245 e. The molecule has 1 fully saturated rings. The van der Waals surface area contributed by atoms with E-state index in [1.807, 2.05) is 31.2 Å². The van der Waals surface area contributed by atoms with Crippen molar-refractivity contribution >= 4 is 35.3 Å². The predicted molar refractivity (Wildman–Crippen MR) is 98.8 cm³/mol. The van der Waals surface area contributed by atoms with E-state index in [1.54, 1.807) is 35.4 Å². The zero-order valence-corrected chi connectivity index (χ0v) is 14.5. The summed E-state index contributed by atoms with van der Waals surface area (Å²) in [6.45, 7) is 2.35. The van der Waals surface area contributed by atoms with Crippen molar-refractivity contribution in [3.05, 3.63) is 64.7 Å². The highest BCUT2D eigenvalue weighted by Gasteiger charge is 2.35. The highest BCUT2D eigenvalue weighted by Crippen LogP contribution is 2.26. The molecule has 1 saturated heterocycles. The first-order valence-corrected chi connectivity index (χ1v) is 8.36. The number of aryl methyl sites for hydroxylation is 1. The van der Waals surface area contributed by atoms with Gasteiger partial charge < -0.3 is 4.90 Å². The van der Waals surface area contributed by atoms with E-state index in [4.69, 9.17) is 11.6 Å². The third kappa shape index (κ3) is 4.25. The largest absolute Gasteiger partial charge is 0.312 e. The van der Waals surface area contributed by atoms with Crippen LogP contribution < -0.4 is 10.3 Å². The van der Waals surface area contributed by atoms with E-state index in [1.165, 1.54) is 0 Å². The SMILES string of the molecule is Cc1ccc(/C=N\NC(=O)[C@@H]2CC(=O)N(c3ccc(Cl)cc3)C2)cc1. The Labute approximate surface area is 151 Å². The van der Waals surface area contributed by atoms with Crippen LogP contribution in [0.5, 0.6) is 0 Å². The summed E-state index contributed by atoms with van der Waals surface area (Å²) in [6, 6.07) is 14.8. The second-order valence-corrected chi connectivity index (χ2v) is 6.46. The summed E-state index contributed by atoms with van der Waals surface area (Å²) >= 11 is 5.87. The van der Waals surface area contributed by atoms with Gasteiger partial charge in [0.2, 0.25) is 11.8 Å². The number of carbonyl (C=O) groups is 2. The Morgan fingerprint density at radius 2 is 1.88 bits per heavy atom. The number of nitrogens with one attached hydrogen (secondary N) is 1. The molecule has 0 aromatic heterocycles. The van der Waals surface area contributed by atoms with Gasteiger partial charge in [0.05, 0.1) is 12.1 Å². The summed E-state index contributed by atoms with van der Waals surface area (Å²) in [5.74, 6) is -0.753. The van der Waals surface area contributed by atoms with E-state index in [0.29, 0.717) is 11.6 Å². The van der Waals surface area contributed by atoms with Crippen LogP contribution in [-0.4, -0.2) is 24.6 Å². The standard InChI is InChI=1S/C19H18ClN3O2/c1-13-2-4-14(5-3-13)11-21-22-19(25)15-10-18(24)23(12-15)17-8-6-16(20)7-9-17/h2-9,11,15H,10,12H2,1H3,(H,22,25)/b21-11-/t15-/m1/s1. The van der Waals surface area contributed by atoms with Crippen molar-refractivity contribution in [2.75, 3.05) is 11.4 Å². The molecular formula is C19H18ClN3O2. The first-order valence-electron chi connectivity index (χ1n) is 7.98. The molecule has 2 amide bonds. The summed E-state index contributed by atoms with van der Waals surface area (Å²) in [5, 5.41) is 4.58. The molecule has 0 saturated carbocycles. The van der Waals surface area contributed by atoms with Crippen molar-refractivity contribution in [2.45, 2.75) is 13.3 Å². The number of hydrazone groups is 1. The molecule has 3 rings (SSSR count). The normalized spacial score (nSPS) is 17.3. The summed E-state index contributed by atoms with van der Waals surface area (Å²) in [4.78, 5) is 26.0. The highest BCUT2D eigenvalue weighted by molar-refractivity contribution is 6.30. The molecule has 6 heteroatoms. The summed E-state index contributed by atoms with van der Waals surface area (Å²) < 4.78 is 0. The van der Waals surface area contributed by atoms with Crippen molar-refractivity contribution in [2.24, 2.45) is 11.0 Å². The fourth-order valence-electron chi connectivity index (χ4n) is 2.67. The van der Waals surface area contributed by atoms with Gasteiger partial charge in [0.25, 0.3) is 0 Å². The number of benzene rings is 2. The zero-order valence-electron chi connectivity index (χ0n) is 13.8. The van der Waals surface area contributed by atoms with Gasteiger partial charge in [-0.2, -0.15) is 5.10 Å². The average Bonchev–Trinajstić information content (AvgIpc) is 2.99. The molecule has 0 radical (unpaired) electrons. The molecule has 5 nitrogen and oxygen atoms in total. The molecule has 0 bridgehead atoms. The molecule has 1 atom stereocenters. The number of carbonyl (C=O) groups excluding carboxylic acids is 2. The van der Waals surface area contributed by atoms with Gasteiger partial charge in [0.15, 0.2) is 0 Å². The van der Waals surface area contributed by atoms with Crippen molar-refractivity contribution in [1.82, 2.24) is 5.43 Å². The molecule has 2 aromatic carbocycles. The van der Waals surface area contributed by atoms with Gasteiger partial charge in [0, 0.05) is 23.7 Å². The van der Waals surface area contributed by atoms with Gasteiger partial charge in [-0.15, -0.1) is 0 Å². The minimum absolute atomic E-state index is 0.0787. The Kier molecular flexibility index (Phi) is 5.14. The maximum atomic E-state index is 12.2. The zero-order chi connectivity index (χ0) is 17.8. The van der Waals surface area contributed by atoms with Crippen LogP contribution in [0.4, 0.5) is 5.69 Å². The molecular weight excluding hydrogens is 338 g/mol. The number of hydrogen-bond acceptors (Lipinski definition) is 3. The summed E-state index contributed by atoms with van der Waals surface area (Å²) in [6.07, 6.45) is 1.76. The van der Waals surface area contributed by atoms with Gasteiger partial charge in [-0.25, -0.2) is 5.43 Å². The Hall–Kier alpha value is -2.66. The van der Waals surface area contributed by atoms with Gasteiger partial charge in [-0.3, -0.25) is 9.59 Å². The summed E-state index contributed by atoms with van der Waals surface area (Å²) in [7, 11) is 0. The molecule has 1 heterocycles. The maximum Gasteiger partial charge on any atom is 0.245 e. The second kappa shape index (κ2) is 7.49. The third-order valence-corrected chi connectivity index (χ3v) is 4.35. The van der Waals surface area contributed by atoms with Crippen molar-refractivity contribution < 1.29 is 9.59 Å². The van der Waals surface area contributed by atoms with Crippen LogP contribution in [-0.2, 0) is 9.59 Å². The van der Waals surface area contributed by atoms with Crippen LogP contribution in [0.3, 0.4) is 0 Å². The quantitative estimate of drug-likeness (QED) is 0.676. The van der Waals surface area contributed by atoms with Crippen LogP contribution in [0.25, 0.3) is 0 Å². The van der Waals surface area contributed by atoms with E-state index < -0.39 is 5.92 Å². The maximum absolute atomic E-state index is 12.2. The average molecular weight is 356 g/mol. The lowest BCUT2D eigenvalue weighted by atomic mass is 10.1. The lowest BCUT2D eigenvalue weighted by Gasteiger charge is -2.16. The number of amides is 2. The fourth-order valence-corrected chi connectivity index (χ4v) is 2.79. The van der Waals surface area contributed by atoms with Gasteiger partial charge >= 0.3 is 0 Å². The van der Waals surface area contributed by atoms with Crippen LogP contribution in [0.15, 0.2) is 53.6 Å². The molecule has 1 aliphatic rings. The van der Waals surface area contributed by atoms with Gasteiger partial charge in [-0.1, -0.05) is 41.4 Å². The minimum atomic E-state index is -0.418. The number of halogens is 1. The fraction of sp³-hybridized carbons (Fsp3) is 0.211. The van der Waals surface area contributed by atoms with Gasteiger partial charge in [0.1, 0.15) is 0 Å². The minimum Gasteiger partial charge on any atom is -0.312 e. The number of hydrogen-bond donors (Lipinski definition) is 1. The molecule has 1 N–H and O–H groups in total. The van der Waals surface area contributed by atoms with Crippen LogP contribution in [0.2, 0.25) is 5.02 Å². The van der Waals surface area contributed by atoms with Crippen LogP contribution in [0, 0.1) is 12.8 Å². The third-order valence-electron chi connectivity index (χ3n) is 4.10. The molecule has 0 spiro atoms. The Morgan fingerprint density at radius 3 is 2.56 bits per heavy atom. The second-order valence-electron chi connectivity index (χ2n) is 6.03. The van der Waals surface area contributed by atoms with Crippen LogP contribution >= 0.6 is 11.6 Å². The number of nitrogens with zero attached hydrogens (tertiary/aromatic N) is 2. The van der Waals surface area contributed by atoms with E-state index in [9.17, 15) is 9.59 Å². The van der Waals surface area contributed by atoms with Crippen molar-refractivity contribution in [3.8, 4) is 0 Å². The van der Waals surface area contributed by atoms with Gasteiger partial charge in [-0.05, 0) is 36.8 Å². The highest BCUT2D eigenvalue weighted by atomic mass is 35.5. The first kappa shape index (κ1) is 17.2. The van der Waals surface area contributed by atoms with Crippen molar-refractivity contribution in [1.29, 1.82) is 0 Å². The topological polar surface area (TPSA) is 61.8 Å². The Balaban J connectivity index is 1.59. The van der Waals surface area contributed by atoms with E-state index in [2.05, 4.69) is 10.5 Å².